The third-order valence-electron chi connectivity index (χ3n) is 4.03. The molecule has 18 heavy (non-hydrogen) atoms. The van der Waals surface area contributed by atoms with Crippen molar-refractivity contribution >= 4 is 5.91 Å². The molecule has 1 aliphatic heterocycles. The summed E-state index contributed by atoms with van der Waals surface area (Å²) >= 11 is 0. The molecule has 1 aliphatic rings. The second-order valence-electron chi connectivity index (χ2n) is 5.43. The number of likely N-dealkylation sites (tertiary alicyclic amines) is 1. The average molecular weight is 256 g/mol. The molecule has 4 nitrogen and oxygen atoms in total. The zero-order chi connectivity index (χ0) is 13.6. The summed E-state index contributed by atoms with van der Waals surface area (Å²) in [6, 6.07) is 0.254. The van der Waals surface area contributed by atoms with Gasteiger partial charge in [-0.05, 0) is 32.2 Å². The summed E-state index contributed by atoms with van der Waals surface area (Å²) in [4.78, 5) is 13.7. The van der Waals surface area contributed by atoms with Crippen molar-refractivity contribution in [1.29, 1.82) is 0 Å². The van der Waals surface area contributed by atoms with Crippen molar-refractivity contribution in [2.24, 2.45) is 0 Å². The van der Waals surface area contributed by atoms with Gasteiger partial charge in [-0.1, -0.05) is 20.8 Å². The Kier molecular flexibility index (Phi) is 6.09. The summed E-state index contributed by atoms with van der Waals surface area (Å²) in [5.41, 5.74) is -0.573. The molecule has 4 heteroatoms. The van der Waals surface area contributed by atoms with Gasteiger partial charge in [-0.15, -0.1) is 0 Å². The number of β-amino-alcohol motifs (C(OH)–C–C–N with tert-alkyl or cyclic N) is 1. The van der Waals surface area contributed by atoms with Crippen molar-refractivity contribution in [3.8, 4) is 0 Å². The van der Waals surface area contributed by atoms with Crippen LogP contribution in [0.3, 0.4) is 0 Å². The Morgan fingerprint density at radius 3 is 2.61 bits per heavy atom. The maximum Gasteiger partial charge on any atom is 0.219 e. The first-order valence-corrected chi connectivity index (χ1v) is 7.27. The van der Waals surface area contributed by atoms with Crippen molar-refractivity contribution in [3.05, 3.63) is 0 Å². The van der Waals surface area contributed by atoms with Gasteiger partial charge in [-0.2, -0.15) is 0 Å². The van der Waals surface area contributed by atoms with Crippen molar-refractivity contribution < 1.29 is 9.90 Å². The van der Waals surface area contributed by atoms with Crippen LogP contribution in [0, 0.1) is 0 Å². The third kappa shape index (κ3) is 4.58. The van der Waals surface area contributed by atoms with Crippen LogP contribution in [0.4, 0.5) is 0 Å². The van der Waals surface area contributed by atoms with Gasteiger partial charge in [0.05, 0.1) is 5.60 Å². The molecule has 1 rings (SSSR count). The Morgan fingerprint density at radius 2 is 2.06 bits per heavy atom. The largest absolute Gasteiger partial charge is 0.389 e. The molecule has 0 aromatic carbocycles. The van der Waals surface area contributed by atoms with E-state index in [2.05, 4.69) is 10.2 Å². The minimum absolute atomic E-state index is 0.128. The summed E-state index contributed by atoms with van der Waals surface area (Å²) in [5.74, 6) is 0.128. The Balaban J connectivity index is 2.46. The van der Waals surface area contributed by atoms with E-state index in [0.717, 1.165) is 45.3 Å². The van der Waals surface area contributed by atoms with E-state index in [4.69, 9.17) is 0 Å². The molecule has 1 fully saturated rings. The number of carbonyl (C=O) groups excluding carboxylic acids is 1. The van der Waals surface area contributed by atoms with E-state index in [1.54, 1.807) is 0 Å². The molecule has 0 spiro atoms. The van der Waals surface area contributed by atoms with Crippen LogP contribution in [0.5, 0.6) is 0 Å². The Labute approximate surface area is 111 Å². The average Bonchev–Trinajstić information content (AvgIpc) is 2.38. The number of aliphatic hydroxyl groups is 1. The molecule has 0 aromatic rings. The fourth-order valence-electron chi connectivity index (χ4n) is 2.54. The van der Waals surface area contributed by atoms with Crippen molar-refractivity contribution in [3.63, 3.8) is 0 Å². The van der Waals surface area contributed by atoms with Crippen LogP contribution in [-0.2, 0) is 4.79 Å². The van der Waals surface area contributed by atoms with Crippen molar-refractivity contribution in [1.82, 2.24) is 10.2 Å². The van der Waals surface area contributed by atoms with E-state index in [9.17, 15) is 9.90 Å². The maximum atomic E-state index is 11.4. The molecule has 1 saturated heterocycles. The van der Waals surface area contributed by atoms with Gasteiger partial charge < -0.3 is 10.4 Å². The molecule has 1 amide bonds. The SMILES string of the molecule is CCC(=O)NC1CCCN(CC(O)(CC)CC)C1. The van der Waals surface area contributed by atoms with Gasteiger partial charge >= 0.3 is 0 Å². The quantitative estimate of drug-likeness (QED) is 0.758. The first kappa shape index (κ1) is 15.4. The second kappa shape index (κ2) is 7.10. The predicted octanol–water partition coefficient (Wildman–Crippen LogP) is 1.53. The summed E-state index contributed by atoms with van der Waals surface area (Å²) in [6.45, 7) is 8.56. The highest BCUT2D eigenvalue weighted by Crippen LogP contribution is 2.19. The molecular formula is C14H28N2O2. The first-order chi connectivity index (χ1) is 8.53. The Morgan fingerprint density at radius 1 is 1.39 bits per heavy atom. The molecule has 0 saturated carbocycles. The number of amides is 1. The van der Waals surface area contributed by atoms with Crippen LogP contribution in [0.1, 0.15) is 52.9 Å². The van der Waals surface area contributed by atoms with Gasteiger partial charge in [0.1, 0.15) is 0 Å². The van der Waals surface area contributed by atoms with Gasteiger partial charge in [-0.3, -0.25) is 9.69 Å². The molecule has 1 atom stereocenters. The maximum absolute atomic E-state index is 11.4. The van der Waals surface area contributed by atoms with E-state index < -0.39 is 5.60 Å². The predicted molar refractivity (Wildman–Crippen MR) is 73.4 cm³/mol. The zero-order valence-electron chi connectivity index (χ0n) is 12.0. The zero-order valence-corrected chi connectivity index (χ0v) is 12.0. The Bertz CT molecular complexity index is 265. The van der Waals surface area contributed by atoms with Crippen LogP contribution in [-0.4, -0.2) is 47.2 Å². The highest BCUT2D eigenvalue weighted by molar-refractivity contribution is 5.75. The minimum atomic E-state index is -0.573. The fraction of sp³-hybridized carbons (Fsp3) is 0.929. The molecule has 0 aliphatic carbocycles. The number of nitrogens with one attached hydrogen (secondary N) is 1. The van der Waals surface area contributed by atoms with E-state index in [1.807, 2.05) is 20.8 Å². The summed E-state index contributed by atoms with van der Waals surface area (Å²) < 4.78 is 0. The smallest absolute Gasteiger partial charge is 0.219 e. The lowest BCUT2D eigenvalue weighted by atomic mass is 9.95. The summed E-state index contributed by atoms with van der Waals surface area (Å²) in [5, 5.41) is 13.4. The third-order valence-corrected chi connectivity index (χ3v) is 4.03. The van der Waals surface area contributed by atoms with E-state index in [0.29, 0.717) is 6.42 Å². The van der Waals surface area contributed by atoms with E-state index in [-0.39, 0.29) is 11.9 Å². The molecule has 1 unspecified atom stereocenters. The highest BCUT2D eigenvalue weighted by Gasteiger charge is 2.29. The topological polar surface area (TPSA) is 52.6 Å². The van der Waals surface area contributed by atoms with Gasteiger partial charge in [0.25, 0.3) is 0 Å². The lowest BCUT2D eigenvalue weighted by Crippen LogP contribution is -2.52. The number of hydrogen-bond donors (Lipinski definition) is 2. The van der Waals surface area contributed by atoms with Crippen LogP contribution < -0.4 is 5.32 Å². The molecule has 2 N–H and O–H groups in total. The number of piperidine rings is 1. The van der Waals surface area contributed by atoms with Crippen molar-refractivity contribution in [2.75, 3.05) is 19.6 Å². The van der Waals surface area contributed by atoms with E-state index in [1.165, 1.54) is 0 Å². The normalized spacial score (nSPS) is 21.9. The standard InChI is InChI=1S/C14H28N2O2/c1-4-13(17)15-12-8-7-9-16(10-12)11-14(18,5-2)6-3/h12,18H,4-11H2,1-3H3,(H,15,17). The number of rotatable bonds is 6. The summed E-state index contributed by atoms with van der Waals surface area (Å²) in [6.07, 6.45) is 4.26. The number of hydrogen-bond acceptors (Lipinski definition) is 3. The van der Waals surface area contributed by atoms with Crippen LogP contribution in [0.15, 0.2) is 0 Å². The molecule has 0 radical (unpaired) electrons. The Hall–Kier alpha value is -0.610. The number of carbonyl (C=O) groups is 1. The highest BCUT2D eigenvalue weighted by atomic mass is 16.3. The minimum Gasteiger partial charge on any atom is -0.389 e. The van der Waals surface area contributed by atoms with Gasteiger partial charge in [0.2, 0.25) is 5.91 Å². The number of nitrogens with zero attached hydrogens (tertiary/aromatic N) is 1. The van der Waals surface area contributed by atoms with Gasteiger partial charge in [0.15, 0.2) is 0 Å². The van der Waals surface area contributed by atoms with Crippen LogP contribution in [0.2, 0.25) is 0 Å². The van der Waals surface area contributed by atoms with Crippen LogP contribution in [0.25, 0.3) is 0 Å². The first-order valence-electron chi connectivity index (χ1n) is 7.27. The lowest BCUT2D eigenvalue weighted by Gasteiger charge is -2.38. The molecule has 0 aromatic heterocycles. The molecule has 1 heterocycles. The lowest BCUT2D eigenvalue weighted by molar-refractivity contribution is -0.121. The molecular weight excluding hydrogens is 228 g/mol. The van der Waals surface area contributed by atoms with Crippen LogP contribution >= 0.6 is 0 Å². The second-order valence-corrected chi connectivity index (χ2v) is 5.43. The van der Waals surface area contributed by atoms with Crippen molar-refractivity contribution in [2.45, 2.75) is 64.5 Å². The molecule has 0 bridgehead atoms. The van der Waals surface area contributed by atoms with E-state index >= 15 is 0 Å². The van der Waals surface area contributed by atoms with Gasteiger partial charge in [-0.25, -0.2) is 0 Å². The monoisotopic (exact) mass is 256 g/mol. The summed E-state index contributed by atoms with van der Waals surface area (Å²) in [7, 11) is 0. The fourth-order valence-corrected chi connectivity index (χ4v) is 2.54. The molecule has 106 valence electrons. The van der Waals surface area contributed by atoms with Gasteiger partial charge in [0, 0.05) is 25.6 Å².